The molecule has 0 atom stereocenters. The van der Waals surface area contributed by atoms with Crippen LogP contribution in [0.4, 0.5) is 5.69 Å². The maximum Gasteiger partial charge on any atom is 0.296 e. The molecule has 0 saturated carbocycles. The molecular weight excluding hydrogens is 376 g/mol. The van der Waals surface area contributed by atoms with E-state index in [2.05, 4.69) is 15.9 Å². The van der Waals surface area contributed by atoms with E-state index in [0.29, 0.717) is 6.42 Å². The van der Waals surface area contributed by atoms with Crippen LogP contribution in [0.25, 0.3) is 0 Å². The Morgan fingerprint density at radius 3 is 2.32 bits per heavy atom. The lowest BCUT2D eigenvalue weighted by molar-refractivity contribution is 0.226. The maximum atomic E-state index is 12.2. The molecule has 1 fully saturated rings. The lowest BCUT2D eigenvalue weighted by atomic mass is 10.2. The van der Waals surface area contributed by atoms with Crippen molar-refractivity contribution >= 4 is 15.8 Å². The second-order valence-electron chi connectivity index (χ2n) is 6.94. The number of aryl methyl sites for hydroxylation is 1. The van der Waals surface area contributed by atoms with Gasteiger partial charge in [0.05, 0.1) is 24.3 Å². The average Bonchev–Trinajstić information content (AvgIpc) is 2.72. The van der Waals surface area contributed by atoms with Gasteiger partial charge >= 0.3 is 0 Å². The number of para-hydroxylation sites is 2. The van der Waals surface area contributed by atoms with Crippen molar-refractivity contribution in [2.24, 2.45) is 0 Å². The SMILES string of the molecule is COc1ccccc1N1CCN(CCCOS(=O)(=O)c2ccc(C)cc2)CC1. The molecule has 1 saturated heterocycles. The second-order valence-corrected chi connectivity index (χ2v) is 8.56. The van der Waals surface area contributed by atoms with E-state index in [1.54, 1.807) is 31.4 Å². The van der Waals surface area contributed by atoms with Gasteiger partial charge in [0.15, 0.2) is 0 Å². The Balaban J connectivity index is 1.42. The van der Waals surface area contributed by atoms with Gasteiger partial charge in [-0.05, 0) is 37.6 Å². The molecule has 0 amide bonds. The fraction of sp³-hybridized carbons (Fsp3) is 0.429. The third-order valence-electron chi connectivity index (χ3n) is 4.96. The third-order valence-corrected chi connectivity index (χ3v) is 6.29. The summed E-state index contributed by atoms with van der Waals surface area (Å²) in [6, 6.07) is 14.8. The van der Waals surface area contributed by atoms with E-state index in [1.807, 2.05) is 25.1 Å². The largest absolute Gasteiger partial charge is 0.495 e. The Hall–Kier alpha value is -2.09. The number of nitrogens with zero attached hydrogens (tertiary/aromatic N) is 2. The highest BCUT2D eigenvalue weighted by Crippen LogP contribution is 2.28. The van der Waals surface area contributed by atoms with Crippen LogP contribution in [0.3, 0.4) is 0 Å². The van der Waals surface area contributed by atoms with Crippen molar-refractivity contribution in [3.63, 3.8) is 0 Å². The molecule has 0 radical (unpaired) electrons. The number of anilines is 1. The van der Waals surface area contributed by atoms with Gasteiger partial charge in [0.25, 0.3) is 10.1 Å². The van der Waals surface area contributed by atoms with Crippen LogP contribution in [0.15, 0.2) is 53.4 Å². The lowest BCUT2D eigenvalue weighted by Crippen LogP contribution is -2.46. The van der Waals surface area contributed by atoms with Crippen LogP contribution in [-0.2, 0) is 14.3 Å². The molecule has 7 heteroatoms. The number of rotatable bonds is 8. The molecule has 0 spiro atoms. The van der Waals surface area contributed by atoms with Crippen molar-refractivity contribution in [1.29, 1.82) is 0 Å². The van der Waals surface area contributed by atoms with E-state index in [0.717, 1.165) is 49.7 Å². The maximum absolute atomic E-state index is 12.2. The summed E-state index contributed by atoms with van der Waals surface area (Å²) in [4.78, 5) is 4.88. The Labute approximate surface area is 167 Å². The number of benzene rings is 2. The van der Waals surface area contributed by atoms with Crippen LogP contribution in [0.1, 0.15) is 12.0 Å². The van der Waals surface area contributed by atoms with E-state index >= 15 is 0 Å². The molecule has 0 unspecified atom stereocenters. The number of piperazine rings is 1. The van der Waals surface area contributed by atoms with Gasteiger partial charge in [0.1, 0.15) is 5.75 Å². The molecule has 1 aliphatic rings. The first kappa shape index (κ1) is 20.6. The summed E-state index contributed by atoms with van der Waals surface area (Å²) < 4.78 is 35.0. The zero-order valence-electron chi connectivity index (χ0n) is 16.5. The minimum Gasteiger partial charge on any atom is -0.495 e. The zero-order valence-corrected chi connectivity index (χ0v) is 17.3. The summed E-state index contributed by atoms with van der Waals surface area (Å²) >= 11 is 0. The van der Waals surface area contributed by atoms with Crippen molar-refractivity contribution in [2.45, 2.75) is 18.2 Å². The Kier molecular flexibility index (Phi) is 6.93. The lowest BCUT2D eigenvalue weighted by Gasteiger charge is -2.36. The molecule has 1 heterocycles. The van der Waals surface area contributed by atoms with Gasteiger partial charge in [0, 0.05) is 32.7 Å². The number of hydrogen-bond donors (Lipinski definition) is 0. The monoisotopic (exact) mass is 404 g/mol. The van der Waals surface area contributed by atoms with E-state index in [1.165, 1.54) is 0 Å². The normalized spacial score (nSPS) is 15.6. The van der Waals surface area contributed by atoms with Gasteiger partial charge < -0.3 is 9.64 Å². The summed E-state index contributed by atoms with van der Waals surface area (Å²) in [5.41, 5.74) is 2.14. The van der Waals surface area contributed by atoms with Crippen molar-refractivity contribution in [2.75, 3.05) is 51.3 Å². The van der Waals surface area contributed by atoms with Crippen LogP contribution in [-0.4, -0.2) is 59.8 Å². The van der Waals surface area contributed by atoms with Crippen molar-refractivity contribution in [1.82, 2.24) is 4.90 Å². The average molecular weight is 405 g/mol. The molecule has 0 aliphatic carbocycles. The second kappa shape index (κ2) is 9.41. The topological polar surface area (TPSA) is 59.1 Å². The molecule has 6 nitrogen and oxygen atoms in total. The molecule has 2 aromatic rings. The predicted molar refractivity (Wildman–Crippen MR) is 111 cm³/mol. The molecular formula is C21H28N2O4S. The summed E-state index contributed by atoms with van der Waals surface area (Å²) in [6.45, 7) is 6.65. The van der Waals surface area contributed by atoms with E-state index in [-0.39, 0.29) is 11.5 Å². The number of ether oxygens (including phenoxy) is 1. The smallest absolute Gasteiger partial charge is 0.296 e. The van der Waals surface area contributed by atoms with Gasteiger partial charge in [-0.3, -0.25) is 9.08 Å². The van der Waals surface area contributed by atoms with Crippen molar-refractivity contribution in [3.05, 3.63) is 54.1 Å². The molecule has 0 bridgehead atoms. The molecule has 3 rings (SSSR count). The van der Waals surface area contributed by atoms with Crippen LogP contribution in [0.2, 0.25) is 0 Å². The summed E-state index contributed by atoms with van der Waals surface area (Å²) in [5.74, 6) is 0.894. The van der Waals surface area contributed by atoms with E-state index in [4.69, 9.17) is 8.92 Å². The van der Waals surface area contributed by atoms with Gasteiger partial charge in [-0.2, -0.15) is 8.42 Å². The molecule has 152 valence electrons. The quantitative estimate of drug-likeness (QED) is 0.498. The molecule has 1 aliphatic heterocycles. The van der Waals surface area contributed by atoms with Crippen LogP contribution < -0.4 is 9.64 Å². The van der Waals surface area contributed by atoms with Crippen LogP contribution >= 0.6 is 0 Å². The minimum absolute atomic E-state index is 0.197. The molecule has 28 heavy (non-hydrogen) atoms. The van der Waals surface area contributed by atoms with Crippen molar-refractivity contribution in [3.8, 4) is 5.75 Å². The first-order chi connectivity index (χ1) is 13.5. The van der Waals surface area contributed by atoms with Crippen LogP contribution in [0, 0.1) is 6.92 Å². The molecule has 0 aromatic heterocycles. The standard InChI is InChI=1S/C21H28N2O4S/c1-18-8-10-19(11-9-18)28(24,25)27-17-5-12-22-13-15-23(16-14-22)20-6-3-4-7-21(20)26-2/h3-4,6-11H,5,12-17H2,1-2H3. The van der Waals surface area contributed by atoms with E-state index < -0.39 is 10.1 Å². The fourth-order valence-corrected chi connectivity index (χ4v) is 4.28. The van der Waals surface area contributed by atoms with E-state index in [9.17, 15) is 8.42 Å². The highest BCUT2D eigenvalue weighted by atomic mass is 32.2. The highest BCUT2D eigenvalue weighted by Gasteiger charge is 2.20. The van der Waals surface area contributed by atoms with Gasteiger partial charge in [-0.15, -0.1) is 0 Å². The first-order valence-corrected chi connectivity index (χ1v) is 11.0. The van der Waals surface area contributed by atoms with Gasteiger partial charge in [-0.1, -0.05) is 29.8 Å². The minimum atomic E-state index is -3.67. The predicted octanol–water partition coefficient (Wildman–Crippen LogP) is 2.92. The third kappa shape index (κ3) is 5.25. The van der Waals surface area contributed by atoms with Gasteiger partial charge in [0.2, 0.25) is 0 Å². The van der Waals surface area contributed by atoms with Gasteiger partial charge in [-0.25, -0.2) is 0 Å². The Morgan fingerprint density at radius 1 is 0.964 bits per heavy atom. The molecule has 0 N–H and O–H groups in total. The highest BCUT2D eigenvalue weighted by molar-refractivity contribution is 7.86. The summed E-state index contributed by atoms with van der Waals surface area (Å²) in [6.07, 6.45) is 0.680. The summed E-state index contributed by atoms with van der Waals surface area (Å²) in [7, 11) is -1.98. The Morgan fingerprint density at radius 2 is 1.64 bits per heavy atom. The first-order valence-electron chi connectivity index (χ1n) is 9.56. The Bertz CT molecular complexity index is 860. The van der Waals surface area contributed by atoms with Crippen molar-refractivity contribution < 1.29 is 17.3 Å². The molecule has 2 aromatic carbocycles. The summed E-state index contributed by atoms with van der Waals surface area (Å²) in [5, 5.41) is 0. The fourth-order valence-electron chi connectivity index (χ4n) is 3.33. The zero-order chi connectivity index (χ0) is 20.0. The number of methoxy groups -OCH3 is 1. The number of hydrogen-bond acceptors (Lipinski definition) is 6. The van der Waals surface area contributed by atoms with Crippen LogP contribution in [0.5, 0.6) is 5.75 Å².